The number of fused-ring (bicyclic) bond motifs is 1. The Labute approximate surface area is 254 Å². The maximum atomic E-state index is 14.4. The van der Waals surface area contributed by atoms with Crippen molar-refractivity contribution in [2.75, 3.05) is 39.4 Å². The zero-order valence-corrected chi connectivity index (χ0v) is 25.1. The van der Waals surface area contributed by atoms with E-state index in [4.69, 9.17) is 18.9 Å². The fraction of sp³-hybridized carbons (Fsp3) is 0.344. The molecule has 1 saturated heterocycles. The van der Waals surface area contributed by atoms with Gasteiger partial charge in [0.05, 0.1) is 33.0 Å². The summed E-state index contributed by atoms with van der Waals surface area (Å²) >= 11 is 0. The van der Waals surface area contributed by atoms with Crippen LogP contribution in [0.3, 0.4) is 0 Å². The van der Waals surface area contributed by atoms with Crippen molar-refractivity contribution in [2.45, 2.75) is 38.5 Å². The van der Waals surface area contributed by atoms with Crippen LogP contribution in [0.25, 0.3) is 11.0 Å². The van der Waals surface area contributed by atoms with E-state index < -0.39 is 17.9 Å². The first kappa shape index (κ1) is 30.5. The molecule has 5 rings (SSSR count). The quantitative estimate of drug-likeness (QED) is 0.241. The molecule has 1 aromatic heterocycles. The molecule has 3 aromatic carbocycles. The van der Waals surface area contributed by atoms with Crippen molar-refractivity contribution < 1.29 is 33.3 Å². The summed E-state index contributed by atoms with van der Waals surface area (Å²) < 4.78 is 23.9. The first-order valence-corrected chi connectivity index (χ1v) is 14.2. The lowest BCUT2D eigenvalue weighted by Gasteiger charge is -2.32. The Morgan fingerprint density at radius 2 is 1.73 bits per heavy atom. The van der Waals surface area contributed by atoms with E-state index in [1.54, 1.807) is 42.5 Å². The third kappa shape index (κ3) is 6.35. The molecule has 1 N–H and O–H groups in total. The topological polar surface area (TPSA) is 134 Å². The number of amides is 2. The van der Waals surface area contributed by atoms with Crippen LogP contribution in [0.1, 0.15) is 41.7 Å². The minimum Gasteiger partial charge on any atom is -0.493 e. The number of ketones is 1. The number of anilines is 1. The molecular weight excluding hydrogens is 566 g/mol. The van der Waals surface area contributed by atoms with Crippen LogP contribution in [0.2, 0.25) is 0 Å². The standard InChI is InChI=1S/C32H35N5O7/c1-20(38)21-11-13-23(14-12-21)37(29(39)19-36-26-10-6-5-9-25(26)34-35-36)30(32(40)33-18-24-8-7-15-44-24)22-16-27(41-2)31(43-4)28(17-22)42-3/h5-6,9-14,16-17,24,30H,7-8,15,18-19H2,1-4H3,(H,33,40)/t24-,30-/m1/s1. The number of hydrogen-bond donors (Lipinski definition) is 1. The highest BCUT2D eigenvalue weighted by Crippen LogP contribution is 2.41. The summed E-state index contributed by atoms with van der Waals surface area (Å²) in [6.07, 6.45) is 1.61. The minimum atomic E-state index is -1.18. The van der Waals surface area contributed by atoms with Crippen molar-refractivity contribution in [2.24, 2.45) is 0 Å². The summed E-state index contributed by atoms with van der Waals surface area (Å²) in [4.78, 5) is 42.0. The lowest BCUT2D eigenvalue weighted by Crippen LogP contribution is -2.46. The molecule has 4 aromatic rings. The van der Waals surface area contributed by atoms with Gasteiger partial charge in [-0.3, -0.25) is 19.3 Å². The number of para-hydroxylation sites is 1. The fourth-order valence-electron chi connectivity index (χ4n) is 5.33. The van der Waals surface area contributed by atoms with Gasteiger partial charge in [0.25, 0.3) is 0 Å². The van der Waals surface area contributed by atoms with Crippen molar-refractivity contribution in [1.82, 2.24) is 20.3 Å². The van der Waals surface area contributed by atoms with Gasteiger partial charge in [-0.15, -0.1) is 5.10 Å². The van der Waals surface area contributed by atoms with Crippen molar-refractivity contribution >= 4 is 34.3 Å². The second-order valence-corrected chi connectivity index (χ2v) is 10.3. The number of hydrogen-bond acceptors (Lipinski definition) is 9. The molecule has 0 radical (unpaired) electrons. The van der Waals surface area contributed by atoms with E-state index in [0.29, 0.717) is 51.7 Å². The van der Waals surface area contributed by atoms with Gasteiger partial charge in [-0.25, -0.2) is 4.68 Å². The lowest BCUT2D eigenvalue weighted by molar-refractivity contribution is -0.127. The number of aromatic nitrogens is 3. The van der Waals surface area contributed by atoms with Gasteiger partial charge in [0.2, 0.25) is 17.6 Å². The minimum absolute atomic E-state index is 0.125. The Bertz CT molecular complexity index is 1620. The van der Waals surface area contributed by atoms with E-state index in [9.17, 15) is 14.4 Å². The summed E-state index contributed by atoms with van der Waals surface area (Å²) in [6.45, 7) is 2.16. The van der Waals surface area contributed by atoms with Gasteiger partial charge < -0.3 is 24.3 Å². The average molecular weight is 602 g/mol. The van der Waals surface area contributed by atoms with Gasteiger partial charge in [0, 0.05) is 24.4 Å². The molecule has 12 heteroatoms. The normalized spacial score (nSPS) is 15.0. The highest BCUT2D eigenvalue weighted by Gasteiger charge is 2.35. The zero-order chi connectivity index (χ0) is 31.2. The van der Waals surface area contributed by atoms with Crippen molar-refractivity contribution in [3.05, 3.63) is 71.8 Å². The van der Waals surface area contributed by atoms with Crippen LogP contribution in [0, 0.1) is 0 Å². The van der Waals surface area contributed by atoms with Crippen LogP contribution in [0.5, 0.6) is 17.2 Å². The van der Waals surface area contributed by atoms with E-state index in [2.05, 4.69) is 15.6 Å². The zero-order valence-electron chi connectivity index (χ0n) is 25.1. The van der Waals surface area contributed by atoms with Gasteiger partial charge in [-0.2, -0.15) is 0 Å². The Balaban J connectivity index is 1.63. The summed E-state index contributed by atoms with van der Waals surface area (Å²) in [5.74, 6) is -0.0285. The third-order valence-electron chi connectivity index (χ3n) is 7.56. The number of benzene rings is 3. The van der Waals surface area contributed by atoms with Gasteiger partial charge in [0.1, 0.15) is 18.1 Å². The summed E-state index contributed by atoms with van der Waals surface area (Å²) in [5, 5.41) is 11.4. The van der Waals surface area contributed by atoms with Crippen LogP contribution in [-0.4, -0.2) is 73.2 Å². The molecule has 0 aliphatic carbocycles. The van der Waals surface area contributed by atoms with E-state index in [0.717, 1.165) is 12.8 Å². The molecular formula is C32H35N5O7. The van der Waals surface area contributed by atoms with Crippen molar-refractivity contribution in [1.29, 1.82) is 0 Å². The highest BCUT2D eigenvalue weighted by molar-refractivity contribution is 6.02. The molecule has 1 fully saturated rings. The van der Waals surface area contributed by atoms with E-state index in [-0.39, 0.29) is 25.0 Å². The second-order valence-electron chi connectivity index (χ2n) is 10.3. The van der Waals surface area contributed by atoms with Gasteiger partial charge in [-0.05, 0) is 73.9 Å². The summed E-state index contributed by atoms with van der Waals surface area (Å²) in [5.41, 5.74) is 2.58. The molecule has 0 spiro atoms. The summed E-state index contributed by atoms with van der Waals surface area (Å²) in [7, 11) is 4.44. The van der Waals surface area contributed by atoms with Gasteiger partial charge in [-0.1, -0.05) is 17.3 Å². The van der Waals surface area contributed by atoms with Crippen LogP contribution >= 0.6 is 0 Å². The molecule has 1 aliphatic rings. The predicted octanol–water partition coefficient (Wildman–Crippen LogP) is 3.73. The second kappa shape index (κ2) is 13.6. The number of methoxy groups -OCH3 is 3. The number of Topliss-reactive ketones (excluding diaryl/α,β-unsaturated/α-hetero) is 1. The number of nitrogens with one attached hydrogen (secondary N) is 1. The van der Waals surface area contributed by atoms with Crippen LogP contribution in [0.15, 0.2) is 60.7 Å². The molecule has 0 saturated carbocycles. The molecule has 2 heterocycles. The number of carbonyl (C=O) groups excluding carboxylic acids is 3. The molecule has 2 atom stereocenters. The number of carbonyl (C=O) groups is 3. The monoisotopic (exact) mass is 601 g/mol. The Kier molecular flexibility index (Phi) is 9.39. The fourth-order valence-corrected chi connectivity index (χ4v) is 5.33. The van der Waals surface area contributed by atoms with Crippen molar-refractivity contribution in [3.8, 4) is 17.2 Å². The highest BCUT2D eigenvalue weighted by atomic mass is 16.5. The first-order chi connectivity index (χ1) is 21.3. The number of nitrogens with zero attached hydrogens (tertiary/aromatic N) is 4. The van der Waals surface area contributed by atoms with Crippen LogP contribution in [0.4, 0.5) is 5.69 Å². The smallest absolute Gasteiger partial charge is 0.249 e. The maximum Gasteiger partial charge on any atom is 0.249 e. The molecule has 0 bridgehead atoms. The van der Waals surface area contributed by atoms with Gasteiger partial charge in [0.15, 0.2) is 17.3 Å². The average Bonchev–Trinajstić information content (AvgIpc) is 3.72. The van der Waals surface area contributed by atoms with E-state index >= 15 is 0 Å². The Morgan fingerprint density at radius 3 is 2.34 bits per heavy atom. The molecule has 0 unspecified atom stereocenters. The number of ether oxygens (including phenoxy) is 4. The number of rotatable bonds is 12. The maximum absolute atomic E-state index is 14.4. The SMILES string of the molecule is COc1cc([C@H](C(=O)NC[C@H]2CCCO2)N(C(=O)Cn2nnc3ccccc32)c2ccc(C(C)=O)cc2)cc(OC)c1OC. The third-order valence-corrected chi connectivity index (χ3v) is 7.56. The molecule has 2 amide bonds. The van der Waals surface area contributed by atoms with E-state index in [1.165, 1.54) is 37.8 Å². The van der Waals surface area contributed by atoms with Crippen LogP contribution < -0.4 is 24.4 Å². The molecule has 1 aliphatic heterocycles. The Morgan fingerprint density at radius 1 is 1.02 bits per heavy atom. The summed E-state index contributed by atoms with van der Waals surface area (Å²) in [6, 6.07) is 15.9. The molecule has 12 nitrogen and oxygen atoms in total. The molecule has 230 valence electrons. The van der Waals surface area contributed by atoms with Crippen molar-refractivity contribution in [3.63, 3.8) is 0 Å². The Hall–Kier alpha value is -4.97. The van der Waals surface area contributed by atoms with E-state index in [1.807, 2.05) is 18.2 Å². The van der Waals surface area contributed by atoms with Gasteiger partial charge >= 0.3 is 0 Å². The first-order valence-electron chi connectivity index (χ1n) is 14.2. The largest absolute Gasteiger partial charge is 0.493 e. The van der Waals surface area contributed by atoms with Crippen LogP contribution in [-0.2, 0) is 20.9 Å². The predicted molar refractivity (Wildman–Crippen MR) is 162 cm³/mol. The molecule has 44 heavy (non-hydrogen) atoms. The lowest BCUT2D eigenvalue weighted by atomic mass is 10.0.